The molecule has 0 spiro atoms. The maximum absolute atomic E-state index is 10.3. The van der Waals surface area contributed by atoms with Gasteiger partial charge in [-0.15, -0.1) is 0 Å². The van der Waals surface area contributed by atoms with Crippen LogP contribution in [0.3, 0.4) is 0 Å². The van der Waals surface area contributed by atoms with Crippen LogP contribution in [0.5, 0.6) is 0 Å². The molecule has 0 fully saturated rings. The Morgan fingerprint density at radius 1 is 0.917 bits per heavy atom. The first-order valence-corrected chi connectivity index (χ1v) is 3.22. The van der Waals surface area contributed by atoms with Gasteiger partial charge in [0.1, 0.15) is 0 Å². The summed E-state index contributed by atoms with van der Waals surface area (Å²) >= 11 is 0. The largest absolute Gasteiger partial charge is 0.481 e. The number of carboxylic acids is 2. The minimum atomic E-state index is -1.45. The van der Waals surface area contributed by atoms with Gasteiger partial charge in [-0.1, -0.05) is 0 Å². The van der Waals surface area contributed by atoms with Crippen LogP contribution in [0.15, 0.2) is 0 Å². The highest BCUT2D eigenvalue weighted by molar-refractivity contribution is 5.80. The number of aliphatic carboxylic acids is 2. The molecule has 2 unspecified atom stereocenters. The van der Waals surface area contributed by atoms with Crippen molar-refractivity contribution in [1.29, 1.82) is 0 Å². The topological polar surface area (TPSA) is 115 Å². The highest BCUT2D eigenvalue weighted by atomic mass is 16.4. The van der Waals surface area contributed by atoms with Gasteiger partial charge in [0.2, 0.25) is 0 Å². The lowest BCUT2D eigenvalue weighted by atomic mass is 9.94. The molecule has 12 heavy (non-hydrogen) atoms. The standard InChI is InChI=1S/C6H10O6/c7-1-3(5(9)10)4(2-8)6(11)12/h3-4,7-8H,1-2H2,(H,9,10)(H,11,12). The smallest absolute Gasteiger partial charge is 0.309 e. The molecule has 2 atom stereocenters. The van der Waals surface area contributed by atoms with E-state index in [4.69, 9.17) is 20.4 Å². The molecule has 0 saturated heterocycles. The zero-order valence-electron chi connectivity index (χ0n) is 6.17. The highest BCUT2D eigenvalue weighted by Gasteiger charge is 2.32. The molecule has 0 aliphatic carbocycles. The Labute approximate surface area is 68.1 Å². The van der Waals surface area contributed by atoms with Gasteiger partial charge in [0.05, 0.1) is 25.0 Å². The highest BCUT2D eigenvalue weighted by Crippen LogP contribution is 2.11. The van der Waals surface area contributed by atoms with E-state index in [1.165, 1.54) is 0 Å². The van der Waals surface area contributed by atoms with Crippen LogP contribution in [-0.4, -0.2) is 45.6 Å². The Balaban J connectivity index is 4.44. The molecule has 0 aromatic heterocycles. The predicted octanol–water partition coefficient (Wildman–Crippen LogP) is -1.63. The van der Waals surface area contributed by atoms with E-state index in [0.29, 0.717) is 0 Å². The number of hydrogen-bond acceptors (Lipinski definition) is 4. The minimum absolute atomic E-state index is 0.799. The fourth-order valence-electron chi connectivity index (χ4n) is 0.755. The van der Waals surface area contributed by atoms with Gasteiger partial charge in [0.15, 0.2) is 0 Å². The quantitative estimate of drug-likeness (QED) is 0.402. The van der Waals surface area contributed by atoms with Crippen molar-refractivity contribution in [3.05, 3.63) is 0 Å². The van der Waals surface area contributed by atoms with Gasteiger partial charge >= 0.3 is 11.9 Å². The summed E-state index contributed by atoms with van der Waals surface area (Å²) in [4.78, 5) is 20.6. The fraction of sp³-hybridized carbons (Fsp3) is 0.667. The second kappa shape index (κ2) is 4.68. The molecule has 0 aliphatic rings. The SMILES string of the molecule is O=C(O)C(CO)C(CO)C(=O)O. The van der Waals surface area contributed by atoms with Crippen molar-refractivity contribution in [2.45, 2.75) is 0 Å². The van der Waals surface area contributed by atoms with Crippen molar-refractivity contribution in [2.75, 3.05) is 13.2 Å². The fourth-order valence-corrected chi connectivity index (χ4v) is 0.755. The van der Waals surface area contributed by atoms with Crippen LogP contribution in [0.4, 0.5) is 0 Å². The number of rotatable bonds is 5. The van der Waals surface area contributed by atoms with Crippen molar-refractivity contribution < 1.29 is 30.0 Å². The summed E-state index contributed by atoms with van der Waals surface area (Å²) in [6.07, 6.45) is 0. The lowest BCUT2D eigenvalue weighted by Gasteiger charge is -2.14. The molecule has 70 valence electrons. The van der Waals surface area contributed by atoms with E-state index in [9.17, 15) is 9.59 Å². The molecule has 0 saturated carbocycles. The molecule has 4 N–H and O–H groups in total. The second-order valence-corrected chi connectivity index (χ2v) is 2.25. The van der Waals surface area contributed by atoms with Gasteiger partial charge in [-0.3, -0.25) is 9.59 Å². The third-order valence-corrected chi connectivity index (χ3v) is 1.51. The van der Waals surface area contributed by atoms with E-state index in [-0.39, 0.29) is 0 Å². The molecule has 0 bridgehead atoms. The number of carboxylic acid groups (broad SMARTS) is 2. The van der Waals surface area contributed by atoms with Crippen LogP contribution in [0.25, 0.3) is 0 Å². The van der Waals surface area contributed by atoms with E-state index < -0.39 is 37.0 Å². The van der Waals surface area contributed by atoms with E-state index in [0.717, 1.165) is 0 Å². The average Bonchev–Trinajstić information content (AvgIpc) is 1.98. The summed E-state index contributed by atoms with van der Waals surface area (Å²) in [5.74, 6) is -5.77. The van der Waals surface area contributed by atoms with Gasteiger partial charge in [0, 0.05) is 0 Å². The third-order valence-electron chi connectivity index (χ3n) is 1.51. The summed E-state index contributed by atoms with van der Waals surface area (Å²) in [7, 11) is 0. The summed E-state index contributed by atoms with van der Waals surface area (Å²) in [6.45, 7) is -1.60. The van der Waals surface area contributed by atoms with E-state index >= 15 is 0 Å². The maximum Gasteiger partial charge on any atom is 0.309 e. The van der Waals surface area contributed by atoms with Crippen LogP contribution in [0.2, 0.25) is 0 Å². The van der Waals surface area contributed by atoms with E-state index in [2.05, 4.69) is 0 Å². The Kier molecular flexibility index (Phi) is 4.24. The lowest BCUT2D eigenvalue weighted by molar-refractivity contribution is -0.157. The van der Waals surface area contributed by atoms with E-state index in [1.807, 2.05) is 0 Å². The van der Waals surface area contributed by atoms with Crippen molar-refractivity contribution in [3.63, 3.8) is 0 Å². The van der Waals surface area contributed by atoms with Gasteiger partial charge in [-0.2, -0.15) is 0 Å². The number of carbonyl (C=O) groups is 2. The van der Waals surface area contributed by atoms with Crippen LogP contribution in [-0.2, 0) is 9.59 Å². The Bertz CT molecular complexity index is 157. The number of aliphatic hydroxyl groups is 2. The maximum atomic E-state index is 10.3. The molecular weight excluding hydrogens is 168 g/mol. The first-order chi connectivity index (χ1) is 5.54. The van der Waals surface area contributed by atoms with Crippen molar-refractivity contribution in [1.82, 2.24) is 0 Å². The van der Waals surface area contributed by atoms with Gasteiger partial charge in [0.25, 0.3) is 0 Å². The molecule has 0 aliphatic heterocycles. The van der Waals surface area contributed by atoms with Crippen molar-refractivity contribution in [3.8, 4) is 0 Å². The second-order valence-electron chi connectivity index (χ2n) is 2.25. The molecule has 0 aromatic carbocycles. The van der Waals surface area contributed by atoms with Crippen molar-refractivity contribution >= 4 is 11.9 Å². The van der Waals surface area contributed by atoms with Gasteiger partial charge < -0.3 is 20.4 Å². The predicted molar refractivity (Wildman–Crippen MR) is 36.4 cm³/mol. The Hall–Kier alpha value is -1.14. The summed E-state index contributed by atoms with van der Waals surface area (Å²) < 4.78 is 0. The normalized spacial score (nSPS) is 15.2. The summed E-state index contributed by atoms with van der Waals surface area (Å²) in [5.41, 5.74) is 0. The van der Waals surface area contributed by atoms with Crippen molar-refractivity contribution in [2.24, 2.45) is 11.8 Å². The first kappa shape index (κ1) is 10.9. The monoisotopic (exact) mass is 178 g/mol. The average molecular weight is 178 g/mol. The van der Waals surface area contributed by atoms with Crippen LogP contribution in [0, 0.1) is 11.8 Å². The molecule has 0 aromatic rings. The Morgan fingerprint density at radius 2 is 1.17 bits per heavy atom. The lowest BCUT2D eigenvalue weighted by Crippen LogP contribution is -2.34. The number of hydrogen-bond donors (Lipinski definition) is 4. The molecule has 0 amide bonds. The zero-order chi connectivity index (χ0) is 9.72. The van der Waals surface area contributed by atoms with Crippen LogP contribution in [0.1, 0.15) is 0 Å². The molecular formula is C6H10O6. The summed E-state index contributed by atoms with van der Waals surface area (Å²) in [5, 5.41) is 33.8. The molecule has 0 radical (unpaired) electrons. The first-order valence-electron chi connectivity index (χ1n) is 3.22. The third kappa shape index (κ3) is 2.48. The van der Waals surface area contributed by atoms with Gasteiger partial charge in [-0.05, 0) is 0 Å². The zero-order valence-corrected chi connectivity index (χ0v) is 6.17. The minimum Gasteiger partial charge on any atom is -0.481 e. The molecule has 0 rings (SSSR count). The summed E-state index contributed by atoms with van der Waals surface area (Å²) in [6, 6.07) is 0. The van der Waals surface area contributed by atoms with E-state index in [1.54, 1.807) is 0 Å². The van der Waals surface area contributed by atoms with Gasteiger partial charge in [-0.25, -0.2) is 0 Å². The Morgan fingerprint density at radius 3 is 1.25 bits per heavy atom. The number of aliphatic hydroxyl groups excluding tert-OH is 2. The van der Waals surface area contributed by atoms with Crippen LogP contribution >= 0.6 is 0 Å². The molecule has 6 heteroatoms. The van der Waals surface area contributed by atoms with Crippen LogP contribution < -0.4 is 0 Å². The molecule has 0 heterocycles. The molecule has 6 nitrogen and oxygen atoms in total.